The van der Waals surface area contributed by atoms with E-state index in [0.29, 0.717) is 6.04 Å². The Morgan fingerprint density at radius 1 is 1.14 bits per heavy atom. The molecule has 3 nitrogen and oxygen atoms in total. The van der Waals surface area contributed by atoms with Gasteiger partial charge in [-0.2, -0.15) is 0 Å². The van der Waals surface area contributed by atoms with E-state index in [-0.39, 0.29) is 0 Å². The van der Waals surface area contributed by atoms with E-state index in [0.717, 1.165) is 17.4 Å². The zero-order chi connectivity index (χ0) is 15.2. The summed E-state index contributed by atoms with van der Waals surface area (Å²) in [5.74, 6) is 2.56. The Morgan fingerprint density at radius 2 is 1.76 bits per heavy atom. The maximum absolute atomic E-state index is 5.45. The Morgan fingerprint density at radius 3 is 2.33 bits per heavy atom. The van der Waals surface area contributed by atoms with Crippen LogP contribution in [-0.2, 0) is 0 Å². The maximum Gasteiger partial charge on any atom is 0.161 e. The zero-order valence-electron chi connectivity index (χ0n) is 13.9. The normalized spacial score (nSPS) is 17.0. The van der Waals surface area contributed by atoms with Gasteiger partial charge in [0.2, 0.25) is 0 Å². The van der Waals surface area contributed by atoms with Crippen molar-refractivity contribution in [3.63, 3.8) is 0 Å². The van der Waals surface area contributed by atoms with E-state index in [2.05, 4.69) is 31.4 Å². The van der Waals surface area contributed by atoms with Crippen LogP contribution in [0.1, 0.15) is 55.7 Å². The Hall–Kier alpha value is -1.22. The summed E-state index contributed by atoms with van der Waals surface area (Å²) in [6.45, 7) is 2.15. The average molecular weight is 291 g/mol. The first-order valence-corrected chi connectivity index (χ1v) is 8.09. The third-order valence-electron chi connectivity index (χ3n) is 4.83. The molecule has 0 spiro atoms. The first-order chi connectivity index (χ1) is 10.2. The summed E-state index contributed by atoms with van der Waals surface area (Å²) < 4.78 is 10.8. The van der Waals surface area contributed by atoms with Crippen LogP contribution in [0.4, 0.5) is 0 Å². The van der Waals surface area contributed by atoms with Gasteiger partial charge in [0.05, 0.1) is 14.2 Å². The first kappa shape index (κ1) is 16.2. The number of rotatable bonds is 7. The lowest BCUT2D eigenvalue weighted by Crippen LogP contribution is -2.18. The standard InChI is InChI=1S/C18H29NO2/c1-13-11-17(20-3)18(21-4)12-15(13)16(19-2)10-9-14-7-5-6-8-14/h11-12,14,16,19H,5-10H2,1-4H3. The zero-order valence-corrected chi connectivity index (χ0v) is 13.9. The van der Waals surface area contributed by atoms with E-state index in [4.69, 9.17) is 9.47 Å². The van der Waals surface area contributed by atoms with Crippen LogP contribution in [0.25, 0.3) is 0 Å². The van der Waals surface area contributed by atoms with Gasteiger partial charge in [-0.3, -0.25) is 0 Å². The molecule has 1 aromatic rings. The van der Waals surface area contributed by atoms with Crippen molar-refractivity contribution in [1.82, 2.24) is 5.32 Å². The fourth-order valence-electron chi connectivity index (χ4n) is 3.53. The second-order valence-corrected chi connectivity index (χ2v) is 6.13. The van der Waals surface area contributed by atoms with Gasteiger partial charge in [-0.05, 0) is 56.0 Å². The molecule has 1 N–H and O–H groups in total. The van der Waals surface area contributed by atoms with Gasteiger partial charge >= 0.3 is 0 Å². The summed E-state index contributed by atoms with van der Waals surface area (Å²) in [5.41, 5.74) is 2.59. The van der Waals surface area contributed by atoms with Crippen LogP contribution in [0.3, 0.4) is 0 Å². The number of nitrogens with one attached hydrogen (secondary N) is 1. The highest BCUT2D eigenvalue weighted by atomic mass is 16.5. The van der Waals surface area contributed by atoms with Gasteiger partial charge in [-0.1, -0.05) is 25.7 Å². The average Bonchev–Trinajstić information content (AvgIpc) is 3.02. The summed E-state index contributed by atoms with van der Waals surface area (Å²) in [6.07, 6.45) is 8.19. The van der Waals surface area contributed by atoms with Crippen molar-refractivity contribution >= 4 is 0 Å². The van der Waals surface area contributed by atoms with Gasteiger partial charge in [0.25, 0.3) is 0 Å². The summed E-state index contributed by atoms with van der Waals surface area (Å²) in [7, 11) is 5.44. The summed E-state index contributed by atoms with van der Waals surface area (Å²) in [6, 6.07) is 4.60. The number of benzene rings is 1. The van der Waals surface area contributed by atoms with Crippen molar-refractivity contribution < 1.29 is 9.47 Å². The molecule has 0 aromatic heterocycles. The molecule has 1 unspecified atom stereocenters. The Labute approximate surface area is 129 Å². The molecule has 1 saturated carbocycles. The minimum absolute atomic E-state index is 0.394. The summed E-state index contributed by atoms with van der Waals surface area (Å²) >= 11 is 0. The van der Waals surface area contributed by atoms with Crippen molar-refractivity contribution in [2.45, 2.75) is 51.5 Å². The number of hydrogen-bond acceptors (Lipinski definition) is 3. The molecule has 0 amide bonds. The van der Waals surface area contributed by atoms with Crippen molar-refractivity contribution in [2.75, 3.05) is 21.3 Å². The topological polar surface area (TPSA) is 30.5 Å². The van der Waals surface area contributed by atoms with E-state index < -0.39 is 0 Å². The maximum atomic E-state index is 5.45. The van der Waals surface area contributed by atoms with Crippen LogP contribution in [0.5, 0.6) is 11.5 Å². The van der Waals surface area contributed by atoms with E-state index >= 15 is 0 Å². The molecule has 118 valence electrons. The Balaban J connectivity index is 2.12. The second kappa shape index (κ2) is 7.69. The van der Waals surface area contributed by atoms with Gasteiger partial charge in [0.15, 0.2) is 11.5 Å². The largest absolute Gasteiger partial charge is 0.493 e. The molecule has 1 atom stereocenters. The smallest absolute Gasteiger partial charge is 0.161 e. The highest BCUT2D eigenvalue weighted by Crippen LogP contribution is 2.36. The molecule has 1 aromatic carbocycles. The minimum atomic E-state index is 0.394. The molecule has 0 aliphatic heterocycles. The van der Waals surface area contributed by atoms with Gasteiger partial charge in [-0.15, -0.1) is 0 Å². The monoisotopic (exact) mass is 291 g/mol. The molecule has 0 heterocycles. The lowest BCUT2D eigenvalue weighted by atomic mass is 9.92. The molecule has 1 aliphatic carbocycles. The number of aryl methyl sites for hydroxylation is 1. The molecular formula is C18H29NO2. The van der Waals surface area contributed by atoms with Gasteiger partial charge in [0.1, 0.15) is 0 Å². The highest BCUT2D eigenvalue weighted by molar-refractivity contribution is 5.48. The van der Waals surface area contributed by atoms with Gasteiger partial charge < -0.3 is 14.8 Å². The van der Waals surface area contributed by atoms with Crippen molar-refractivity contribution in [2.24, 2.45) is 5.92 Å². The molecule has 2 rings (SSSR count). The van der Waals surface area contributed by atoms with Crippen molar-refractivity contribution in [1.29, 1.82) is 0 Å². The fourth-order valence-corrected chi connectivity index (χ4v) is 3.53. The lowest BCUT2D eigenvalue weighted by molar-refractivity contribution is 0.352. The number of hydrogen-bond donors (Lipinski definition) is 1. The SMILES string of the molecule is CNC(CCC1CCCC1)c1cc(OC)c(OC)cc1C. The Bertz CT molecular complexity index is 453. The molecule has 0 radical (unpaired) electrons. The van der Waals surface area contributed by atoms with Crippen LogP contribution in [0.2, 0.25) is 0 Å². The van der Waals surface area contributed by atoms with E-state index in [1.54, 1.807) is 14.2 Å². The van der Waals surface area contributed by atoms with Crippen LogP contribution in [0.15, 0.2) is 12.1 Å². The van der Waals surface area contributed by atoms with Crippen LogP contribution < -0.4 is 14.8 Å². The van der Waals surface area contributed by atoms with Crippen LogP contribution >= 0.6 is 0 Å². The van der Waals surface area contributed by atoms with Gasteiger partial charge in [0, 0.05) is 6.04 Å². The molecule has 1 aliphatic rings. The second-order valence-electron chi connectivity index (χ2n) is 6.13. The highest BCUT2D eigenvalue weighted by Gasteiger charge is 2.20. The fraction of sp³-hybridized carbons (Fsp3) is 0.667. The third-order valence-corrected chi connectivity index (χ3v) is 4.83. The molecule has 21 heavy (non-hydrogen) atoms. The van der Waals surface area contributed by atoms with Crippen molar-refractivity contribution in [3.05, 3.63) is 23.3 Å². The minimum Gasteiger partial charge on any atom is -0.493 e. The van der Waals surface area contributed by atoms with Crippen LogP contribution in [-0.4, -0.2) is 21.3 Å². The van der Waals surface area contributed by atoms with Crippen molar-refractivity contribution in [3.8, 4) is 11.5 Å². The molecule has 0 saturated heterocycles. The van der Waals surface area contributed by atoms with Gasteiger partial charge in [-0.25, -0.2) is 0 Å². The molecule has 3 heteroatoms. The number of methoxy groups -OCH3 is 2. The predicted molar refractivity (Wildman–Crippen MR) is 87.3 cm³/mol. The predicted octanol–water partition coefficient (Wildman–Crippen LogP) is 4.24. The van der Waals surface area contributed by atoms with E-state index in [9.17, 15) is 0 Å². The van der Waals surface area contributed by atoms with Crippen LogP contribution in [0, 0.1) is 12.8 Å². The lowest BCUT2D eigenvalue weighted by Gasteiger charge is -2.22. The quantitative estimate of drug-likeness (QED) is 0.815. The molecule has 1 fully saturated rings. The number of ether oxygens (including phenoxy) is 2. The molecule has 0 bridgehead atoms. The Kier molecular flexibility index (Phi) is 5.92. The van der Waals surface area contributed by atoms with E-state index in [1.807, 2.05) is 0 Å². The van der Waals surface area contributed by atoms with E-state index in [1.165, 1.54) is 49.7 Å². The first-order valence-electron chi connectivity index (χ1n) is 8.09. The summed E-state index contributed by atoms with van der Waals surface area (Å²) in [4.78, 5) is 0. The molecular weight excluding hydrogens is 262 g/mol. The summed E-state index contributed by atoms with van der Waals surface area (Å²) in [5, 5.41) is 3.48. The third kappa shape index (κ3) is 3.91.